The monoisotopic (exact) mass is 352 g/mol. The number of hydrogen-bond donors (Lipinski definition) is 0. The van der Waals surface area contributed by atoms with Crippen molar-refractivity contribution >= 4 is 33.3 Å². The van der Waals surface area contributed by atoms with Gasteiger partial charge in [0.1, 0.15) is 5.75 Å². The Labute approximate surface area is 131 Å². The van der Waals surface area contributed by atoms with E-state index in [4.69, 9.17) is 16.3 Å². The van der Waals surface area contributed by atoms with Gasteiger partial charge in [-0.15, -0.1) is 0 Å². The van der Waals surface area contributed by atoms with Crippen LogP contribution in [-0.2, 0) is 0 Å². The van der Waals surface area contributed by atoms with E-state index in [-0.39, 0.29) is 11.9 Å². The van der Waals surface area contributed by atoms with Crippen LogP contribution in [0.3, 0.4) is 0 Å². The van der Waals surface area contributed by atoms with E-state index in [1.54, 1.807) is 42.5 Å². The molecule has 2 aromatic rings. The summed E-state index contributed by atoms with van der Waals surface area (Å²) in [7, 11) is 0. The van der Waals surface area contributed by atoms with Crippen LogP contribution in [0.1, 0.15) is 29.8 Å². The molecule has 0 saturated carbocycles. The normalized spacial score (nSPS) is 10.7. The topological polar surface area (TPSA) is 26.3 Å². The van der Waals surface area contributed by atoms with E-state index in [0.717, 1.165) is 10.2 Å². The Morgan fingerprint density at radius 2 is 1.80 bits per heavy atom. The van der Waals surface area contributed by atoms with Crippen molar-refractivity contribution in [3.63, 3.8) is 0 Å². The van der Waals surface area contributed by atoms with E-state index in [1.165, 1.54) is 0 Å². The Bertz CT molecular complexity index is 621. The molecule has 0 radical (unpaired) electrons. The minimum absolute atomic E-state index is 0.0736. The lowest BCUT2D eigenvalue weighted by Crippen LogP contribution is -2.06. The molecule has 0 heterocycles. The lowest BCUT2D eigenvalue weighted by atomic mass is 10.0. The minimum atomic E-state index is -0.0736. The standard InChI is InChI=1S/C16H14BrClO2/c1-10(2)20-13-6-3-11(4-7-13)16(19)14-9-12(18)5-8-15(14)17/h3-10H,1-2H3. The second-order valence-electron chi connectivity index (χ2n) is 4.64. The molecule has 0 atom stereocenters. The average Bonchev–Trinajstić information content (AvgIpc) is 2.41. The zero-order valence-electron chi connectivity index (χ0n) is 11.2. The summed E-state index contributed by atoms with van der Waals surface area (Å²) in [5.74, 6) is 0.678. The van der Waals surface area contributed by atoms with Crippen molar-refractivity contribution in [2.45, 2.75) is 20.0 Å². The fourth-order valence-electron chi connectivity index (χ4n) is 1.78. The van der Waals surface area contributed by atoms with Gasteiger partial charge in [-0.05, 0) is 56.3 Å². The van der Waals surface area contributed by atoms with Crippen molar-refractivity contribution in [2.24, 2.45) is 0 Å². The number of rotatable bonds is 4. The maximum Gasteiger partial charge on any atom is 0.194 e. The molecule has 0 fully saturated rings. The molecule has 0 aromatic heterocycles. The molecular weight excluding hydrogens is 340 g/mol. The molecule has 4 heteroatoms. The molecule has 0 aliphatic heterocycles. The van der Waals surface area contributed by atoms with Crippen molar-refractivity contribution in [1.82, 2.24) is 0 Å². The number of benzene rings is 2. The first-order chi connectivity index (χ1) is 9.47. The van der Waals surface area contributed by atoms with Gasteiger partial charge in [-0.1, -0.05) is 27.5 Å². The summed E-state index contributed by atoms with van der Waals surface area (Å²) in [6.45, 7) is 3.92. The molecule has 0 saturated heterocycles. The third-order valence-corrected chi connectivity index (χ3v) is 3.59. The Morgan fingerprint density at radius 3 is 2.40 bits per heavy atom. The Hall–Kier alpha value is -1.32. The molecule has 0 aliphatic carbocycles. The van der Waals surface area contributed by atoms with Crippen LogP contribution in [-0.4, -0.2) is 11.9 Å². The first-order valence-electron chi connectivity index (χ1n) is 6.24. The van der Waals surface area contributed by atoms with Gasteiger partial charge in [0.25, 0.3) is 0 Å². The first-order valence-corrected chi connectivity index (χ1v) is 7.41. The lowest BCUT2D eigenvalue weighted by Gasteiger charge is -2.10. The maximum atomic E-state index is 12.4. The van der Waals surface area contributed by atoms with Gasteiger partial charge in [-0.2, -0.15) is 0 Å². The highest BCUT2D eigenvalue weighted by molar-refractivity contribution is 9.10. The lowest BCUT2D eigenvalue weighted by molar-refractivity contribution is 0.103. The number of halogens is 2. The molecule has 0 unspecified atom stereocenters. The van der Waals surface area contributed by atoms with Gasteiger partial charge in [0, 0.05) is 20.6 Å². The van der Waals surface area contributed by atoms with Crippen molar-refractivity contribution in [3.05, 3.63) is 63.1 Å². The number of ketones is 1. The zero-order chi connectivity index (χ0) is 14.7. The maximum absolute atomic E-state index is 12.4. The quantitative estimate of drug-likeness (QED) is 0.713. The van der Waals surface area contributed by atoms with Crippen LogP contribution in [0.5, 0.6) is 5.75 Å². The average molecular weight is 354 g/mol. The third-order valence-electron chi connectivity index (χ3n) is 2.66. The zero-order valence-corrected chi connectivity index (χ0v) is 13.5. The molecule has 20 heavy (non-hydrogen) atoms. The van der Waals surface area contributed by atoms with E-state index >= 15 is 0 Å². The summed E-state index contributed by atoms with van der Waals surface area (Å²) in [6.07, 6.45) is 0.110. The molecule has 0 spiro atoms. The van der Waals surface area contributed by atoms with Gasteiger partial charge in [-0.25, -0.2) is 0 Å². The molecule has 2 nitrogen and oxygen atoms in total. The van der Waals surface area contributed by atoms with Gasteiger partial charge in [0.15, 0.2) is 5.78 Å². The third kappa shape index (κ3) is 3.62. The molecule has 0 aliphatic rings. The highest BCUT2D eigenvalue weighted by atomic mass is 79.9. The Balaban J connectivity index is 2.27. The second kappa shape index (κ2) is 6.42. The van der Waals surface area contributed by atoms with Crippen molar-refractivity contribution in [1.29, 1.82) is 0 Å². The van der Waals surface area contributed by atoms with Crippen LogP contribution in [0.15, 0.2) is 46.9 Å². The first kappa shape index (κ1) is 15.1. The predicted molar refractivity (Wildman–Crippen MR) is 84.8 cm³/mol. The summed E-state index contributed by atoms with van der Waals surface area (Å²) < 4.78 is 6.29. The summed E-state index contributed by atoms with van der Waals surface area (Å²) in [5.41, 5.74) is 1.15. The van der Waals surface area contributed by atoms with E-state index in [9.17, 15) is 4.79 Å². The second-order valence-corrected chi connectivity index (χ2v) is 5.94. The largest absolute Gasteiger partial charge is 0.491 e. The van der Waals surface area contributed by atoms with Gasteiger partial charge in [-0.3, -0.25) is 4.79 Å². The van der Waals surface area contributed by atoms with Crippen LogP contribution in [0, 0.1) is 0 Å². The molecule has 2 rings (SSSR count). The number of carbonyl (C=O) groups is 1. The van der Waals surface area contributed by atoms with Crippen LogP contribution < -0.4 is 4.74 Å². The molecule has 0 bridgehead atoms. The van der Waals surface area contributed by atoms with Crippen LogP contribution in [0.4, 0.5) is 0 Å². The fourth-order valence-corrected chi connectivity index (χ4v) is 2.38. The molecule has 104 valence electrons. The van der Waals surface area contributed by atoms with E-state index < -0.39 is 0 Å². The number of carbonyl (C=O) groups excluding carboxylic acids is 1. The van der Waals surface area contributed by atoms with Crippen LogP contribution in [0.25, 0.3) is 0 Å². The number of hydrogen-bond acceptors (Lipinski definition) is 2. The van der Waals surface area contributed by atoms with Gasteiger partial charge in [0.2, 0.25) is 0 Å². The van der Waals surface area contributed by atoms with Crippen molar-refractivity contribution < 1.29 is 9.53 Å². The smallest absolute Gasteiger partial charge is 0.194 e. The summed E-state index contributed by atoms with van der Waals surface area (Å²) in [5, 5.41) is 0.538. The van der Waals surface area contributed by atoms with E-state index in [0.29, 0.717) is 16.1 Å². The molecule has 0 N–H and O–H groups in total. The van der Waals surface area contributed by atoms with Crippen LogP contribution >= 0.6 is 27.5 Å². The molecule has 0 amide bonds. The SMILES string of the molecule is CC(C)Oc1ccc(C(=O)c2cc(Cl)ccc2Br)cc1. The number of ether oxygens (including phenoxy) is 1. The molecule has 2 aromatic carbocycles. The fraction of sp³-hybridized carbons (Fsp3) is 0.188. The van der Waals surface area contributed by atoms with E-state index in [2.05, 4.69) is 15.9 Å². The summed E-state index contributed by atoms with van der Waals surface area (Å²) in [4.78, 5) is 12.4. The van der Waals surface area contributed by atoms with Crippen molar-refractivity contribution in [2.75, 3.05) is 0 Å². The van der Waals surface area contributed by atoms with Gasteiger partial charge >= 0.3 is 0 Å². The molecular formula is C16H14BrClO2. The predicted octanol–water partition coefficient (Wildman–Crippen LogP) is 5.12. The summed E-state index contributed by atoms with van der Waals surface area (Å²) in [6, 6.07) is 12.3. The highest BCUT2D eigenvalue weighted by Gasteiger charge is 2.13. The summed E-state index contributed by atoms with van der Waals surface area (Å²) >= 11 is 9.31. The van der Waals surface area contributed by atoms with Gasteiger partial charge in [0.05, 0.1) is 6.10 Å². The van der Waals surface area contributed by atoms with Crippen LogP contribution in [0.2, 0.25) is 5.02 Å². The minimum Gasteiger partial charge on any atom is -0.491 e. The van der Waals surface area contributed by atoms with E-state index in [1.807, 2.05) is 13.8 Å². The van der Waals surface area contributed by atoms with Gasteiger partial charge < -0.3 is 4.74 Å². The Kier molecular flexibility index (Phi) is 4.84. The van der Waals surface area contributed by atoms with Crippen molar-refractivity contribution in [3.8, 4) is 5.75 Å². The Morgan fingerprint density at radius 1 is 1.15 bits per heavy atom. The highest BCUT2D eigenvalue weighted by Crippen LogP contribution is 2.24.